The van der Waals surface area contributed by atoms with Crippen LogP contribution in [0.25, 0.3) is 0 Å². The third kappa shape index (κ3) is 4.87. The number of hydrogen-bond donors (Lipinski definition) is 0. The molecule has 2 nitrogen and oxygen atoms in total. The normalized spacial score (nSPS) is 10.3. The Kier molecular flexibility index (Phi) is 6.06. The van der Waals surface area contributed by atoms with Gasteiger partial charge in [-0.1, -0.05) is 18.5 Å². The van der Waals surface area contributed by atoms with E-state index < -0.39 is 0 Å². The fourth-order valence-electron chi connectivity index (χ4n) is 1.03. The van der Waals surface area contributed by atoms with Crippen LogP contribution >= 0.6 is 27.5 Å². The van der Waals surface area contributed by atoms with Crippen LogP contribution in [0.1, 0.15) is 13.3 Å². The molecule has 0 aliphatic carbocycles. The zero-order valence-electron chi connectivity index (χ0n) is 8.63. The fraction of sp³-hybridized carbons (Fsp3) is 0.455. The molecule has 1 aromatic rings. The second kappa shape index (κ2) is 7.09. The van der Waals surface area contributed by atoms with E-state index in [4.69, 9.17) is 21.1 Å². The lowest BCUT2D eigenvalue weighted by molar-refractivity contribution is 0.101. The highest BCUT2D eigenvalue weighted by Gasteiger charge is 1.99. The molecule has 15 heavy (non-hydrogen) atoms. The van der Waals surface area contributed by atoms with Crippen LogP contribution in [0.3, 0.4) is 0 Å². The molecular weight excluding hydrogens is 279 g/mol. The van der Waals surface area contributed by atoms with E-state index in [2.05, 4.69) is 22.9 Å². The third-order valence-electron chi connectivity index (χ3n) is 1.74. The molecule has 4 heteroatoms. The molecule has 0 saturated heterocycles. The summed E-state index contributed by atoms with van der Waals surface area (Å²) in [6, 6.07) is 5.52. The molecule has 0 aliphatic heterocycles. The zero-order valence-corrected chi connectivity index (χ0v) is 11.0. The predicted molar refractivity (Wildman–Crippen MR) is 65.8 cm³/mol. The lowest BCUT2D eigenvalue weighted by atomic mass is 10.3. The highest BCUT2D eigenvalue weighted by Crippen LogP contribution is 2.26. The number of rotatable bonds is 6. The average molecular weight is 294 g/mol. The van der Waals surface area contributed by atoms with Crippen molar-refractivity contribution in [2.24, 2.45) is 0 Å². The number of hydrogen-bond acceptors (Lipinski definition) is 2. The number of halogens is 2. The molecule has 0 N–H and O–H groups in total. The molecule has 0 atom stereocenters. The highest BCUT2D eigenvalue weighted by atomic mass is 79.9. The summed E-state index contributed by atoms with van der Waals surface area (Å²) in [6.07, 6.45) is 1.03. The smallest absolute Gasteiger partial charge is 0.120 e. The second-order valence-corrected chi connectivity index (χ2v) is 4.30. The summed E-state index contributed by atoms with van der Waals surface area (Å²) in [4.78, 5) is 0. The molecule has 0 fully saturated rings. The van der Waals surface area contributed by atoms with Crippen LogP contribution in [0.15, 0.2) is 22.7 Å². The van der Waals surface area contributed by atoms with Gasteiger partial charge in [0.15, 0.2) is 0 Å². The Labute approximate surface area is 104 Å². The summed E-state index contributed by atoms with van der Waals surface area (Å²) in [7, 11) is 0. The van der Waals surface area contributed by atoms with Crippen molar-refractivity contribution in [3.05, 3.63) is 27.7 Å². The Morgan fingerprint density at radius 3 is 2.73 bits per heavy atom. The topological polar surface area (TPSA) is 18.5 Å². The minimum absolute atomic E-state index is 0.554. The maximum atomic E-state index is 5.92. The molecule has 0 spiro atoms. The van der Waals surface area contributed by atoms with Gasteiger partial charge in [-0.05, 0) is 40.5 Å². The van der Waals surface area contributed by atoms with E-state index >= 15 is 0 Å². The van der Waals surface area contributed by atoms with Crippen molar-refractivity contribution in [2.75, 3.05) is 19.8 Å². The van der Waals surface area contributed by atoms with E-state index in [1.165, 1.54) is 0 Å². The first kappa shape index (κ1) is 12.8. The van der Waals surface area contributed by atoms with Crippen molar-refractivity contribution < 1.29 is 9.47 Å². The average Bonchev–Trinajstić information content (AvgIpc) is 2.23. The van der Waals surface area contributed by atoms with E-state index in [0.29, 0.717) is 18.2 Å². The molecule has 0 radical (unpaired) electrons. The van der Waals surface area contributed by atoms with Gasteiger partial charge >= 0.3 is 0 Å². The van der Waals surface area contributed by atoms with Gasteiger partial charge in [-0.2, -0.15) is 0 Å². The van der Waals surface area contributed by atoms with Gasteiger partial charge in [0, 0.05) is 11.1 Å². The number of ether oxygens (including phenoxy) is 2. The van der Waals surface area contributed by atoms with Gasteiger partial charge < -0.3 is 9.47 Å². The van der Waals surface area contributed by atoms with Crippen LogP contribution in [0.4, 0.5) is 0 Å². The largest absolute Gasteiger partial charge is 0.491 e. The lowest BCUT2D eigenvalue weighted by Crippen LogP contribution is -2.06. The minimum Gasteiger partial charge on any atom is -0.491 e. The lowest BCUT2D eigenvalue weighted by Gasteiger charge is -2.07. The molecule has 1 aromatic carbocycles. The first-order valence-corrected chi connectivity index (χ1v) is 6.06. The van der Waals surface area contributed by atoms with Crippen LogP contribution in [0.2, 0.25) is 5.02 Å². The van der Waals surface area contributed by atoms with Gasteiger partial charge in [-0.25, -0.2) is 0 Å². The van der Waals surface area contributed by atoms with E-state index in [1.807, 2.05) is 12.1 Å². The standard InChI is InChI=1S/C11H14BrClO2/c1-2-5-14-6-7-15-9-3-4-10(12)11(13)8-9/h3-4,8H,2,5-7H2,1H3. The van der Waals surface area contributed by atoms with Crippen LogP contribution in [0, 0.1) is 0 Å². The van der Waals surface area contributed by atoms with Crippen LogP contribution in [-0.2, 0) is 4.74 Å². The molecule has 0 aliphatic rings. The summed E-state index contributed by atoms with van der Waals surface area (Å²) >= 11 is 9.24. The molecule has 0 unspecified atom stereocenters. The summed E-state index contributed by atoms with van der Waals surface area (Å²) in [6.45, 7) is 4.03. The maximum Gasteiger partial charge on any atom is 0.120 e. The van der Waals surface area contributed by atoms with Crippen LogP contribution < -0.4 is 4.74 Å². The molecular formula is C11H14BrClO2. The molecule has 0 aromatic heterocycles. The van der Waals surface area contributed by atoms with E-state index in [0.717, 1.165) is 23.2 Å². The van der Waals surface area contributed by atoms with Crippen molar-refractivity contribution in [3.8, 4) is 5.75 Å². The Bertz CT molecular complexity index is 305. The van der Waals surface area contributed by atoms with Gasteiger partial charge in [0.1, 0.15) is 12.4 Å². The molecule has 84 valence electrons. The highest BCUT2D eigenvalue weighted by molar-refractivity contribution is 9.10. The Balaban J connectivity index is 2.28. The van der Waals surface area contributed by atoms with Gasteiger partial charge in [-0.3, -0.25) is 0 Å². The van der Waals surface area contributed by atoms with E-state index in [9.17, 15) is 0 Å². The van der Waals surface area contributed by atoms with E-state index in [-0.39, 0.29) is 0 Å². The molecule has 0 bridgehead atoms. The monoisotopic (exact) mass is 292 g/mol. The molecule has 1 rings (SSSR count). The van der Waals surface area contributed by atoms with Gasteiger partial charge in [-0.15, -0.1) is 0 Å². The zero-order chi connectivity index (χ0) is 11.1. The number of benzene rings is 1. The quantitative estimate of drug-likeness (QED) is 0.740. The third-order valence-corrected chi connectivity index (χ3v) is 2.97. The minimum atomic E-state index is 0.554. The summed E-state index contributed by atoms with van der Waals surface area (Å²) < 4.78 is 11.6. The van der Waals surface area contributed by atoms with Crippen molar-refractivity contribution in [1.82, 2.24) is 0 Å². The Morgan fingerprint density at radius 1 is 1.27 bits per heavy atom. The molecule has 0 saturated carbocycles. The fourth-order valence-corrected chi connectivity index (χ4v) is 1.45. The first-order chi connectivity index (χ1) is 7.24. The first-order valence-electron chi connectivity index (χ1n) is 4.89. The van der Waals surface area contributed by atoms with Gasteiger partial charge in [0.25, 0.3) is 0 Å². The second-order valence-electron chi connectivity index (χ2n) is 3.04. The van der Waals surface area contributed by atoms with Crippen molar-refractivity contribution in [2.45, 2.75) is 13.3 Å². The van der Waals surface area contributed by atoms with Gasteiger partial charge in [0.2, 0.25) is 0 Å². The Morgan fingerprint density at radius 2 is 2.07 bits per heavy atom. The van der Waals surface area contributed by atoms with Crippen LogP contribution in [-0.4, -0.2) is 19.8 Å². The maximum absolute atomic E-state index is 5.92. The summed E-state index contributed by atoms with van der Waals surface area (Å²) in [5.74, 6) is 0.767. The van der Waals surface area contributed by atoms with Crippen molar-refractivity contribution in [1.29, 1.82) is 0 Å². The van der Waals surface area contributed by atoms with Gasteiger partial charge in [0.05, 0.1) is 11.6 Å². The van der Waals surface area contributed by atoms with E-state index in [1.54, 1.807) is 6.07 Å². The summed E-state index contributed by atoms with van der Waals surface area (Å²) in [5.41, 5.74) is 0. The van der Waals surface area contributed by atoms with Crippen molar-refractivity contribution >= 4 is 27.5 Å². The SMILES string of the molecule is CCCOCCOc1ccc(Br)c(Cl)c1. The molecule has 0 amide bonds. The van der Waals surface area contributed by atoms with Crippen molar-refractivity contribution in [3.63, 3.8) is 0 Å². The predicted octanol–water partition coefficient (Wildman–Crippen LogP) is 3.91. The van der Waals surface area contributed by atoms with Crippen LogP contribution in [0.5, 0.6) is 5.75 Å². The summed E-state index contributed by atoms with van der Waals surface area (Å²) in [5, 5.41) is 0.655. The molecule has 0 heterocycles. The Hall–Kier alpha value is -0.250.